The van der Waals surface area contributed by atoms with Gasteiger partial charge in [0.15, 0.2) is 11.6 Å². The number of aryl methyl sites for hydroxylation is 2. The Morgan fingerprint density at radius 3 is 2.38 bits per heavy atom. The smallest absolute Gasteiger partial charge is 0.159 e. The molecular weight excluding hydrogens is 274 g/mol. The number of nitrogens with one attached hydrogen (secondary N) is 1. The molecule has 2 aromatic carbocycles. The van der Waals surface area contributed by atoms with Gasteiger partial charge in [-0.3, -0.25) is 5.84 Å². The van der Waals surface area contributed by atoms with Gasteiger partial charge in [0, 0.05) is 5.56 Å². The molecule has 0 fully saturated rings. The molecule has 0 amide bonds. The van der Waals surface area contributed by atoms with Crippen LogP contribution in [0.25, 0.3) is 0 Å². The maximum absolute atomic E-state index is 13.5. The van der Waals surface area contributed by atoms with Crippen molar-refractivity contribution in [1.29, 1.82) is 0 Å². The first kappa shape index (κ1) is 15.4. The molecule has 21 heavy (non-hydrogen) atoms. The Morgan fingerprint density at radius 2 is 1.81 bits per heavy atom. The maximum Gasteiger partial charge on any atom is 0.159 e. The molecule has 3 N–H and O–H groups in total. The highest BCUT2D eigenvalue weighted by atomic mass is 19.2. The van der Waals surface area contributed by atoms with Crippen molar-refractivity contribution in [3.63, 3.8) is 0 Å². The molecule has 0 saturated heterocycles. The molecule has 5 heteroatoms. The molecule has 0 bridgehead atoms. The lowest BCUT2D eigenvalue weighted by Gasteiger charge is -2.22. The molecule has 0 aliphatic carbocycles. The summed E-state index contributed by atoms with van der Waals surface area (Å²) in [6.45, 7) is 3.89. The third kappa shape index (κ3) is 3.04. The second-order valence-electron chi connectivity index (χ2n) is 4.97. The normalized spacial score (nSPS) is 12.3. The zero-order valence-corrected chi connectivity index (χ0v) is 12.2. The highest BCUT2D eigenvalue weighted by Crippen LogP contribution is 2.33. The summed E-state index contributed by atoms with van der Waals surface area (Å²) in [5.74, 6) is 4.49. The lowest BCUT2D eigenvalue weighted by molar-refractivity contribution is 0.403. The van der Waals surface area contributed by atoms with Crippen molar-refractivity contribution in [3.8, 4) is 5.75 Å². The number of hydrazine groups is 1. The summed E-state index contributed by atoms with van der Waals surface area (Å²) in [5, 5.41) is 0. The van der Waals surface area contributed by atoms with Gasteiger partial charge >= 0.3 is 0 Å². The standard InChI is InChI=1S/C16H18F2N2O/c1-9-6-10(2)15(14(7-9)21-3)16(20-19)11-4-5-12(17)13(18)8-11/h4-8,16,20H,19H2,1-3H3. The quantitative estimate of drug-likeness (QED) is 0.672. The molecule has 0 aromatic heterocycles. The number of benzene rings is 2. The van der Waals surface area contributed by atoms with E-state index in [0.717, 1.165) is 28.8 Å². The molecule has 2 aromatic rings. The third-order valence-corrected chi connectivity index (χ3v) is 3.45. The molecular formula is C16H18F2N2O. The van der Waals surface area contributed by atoms with Gasteiger partial charge < -0.3 is 4.74 Å². The molecule has 1 atom stereocenters. The Balaban J connectivity index is 2.58. The van der Waals surface area contributed by atoms with Crippen LogP contribution in [-0.2, 0) is 0 Å². The van der Waals surface area contributed by atoms with E-state index in [1.54, 1.807) is 7.11 Å². The van der Waals surface area contributed by atoms with E-state index in [1.807, 2.05) is 26.0 Å². The van der Waals surface area contributed by atoms with Gasteiger partial charge in [0.25, 0.3) is 0 Å². The zero-order valence-electron chi connectivity index (χ0n) is 12.2. The number of hydrogen-bond donors (Lipinski definition) is 2. The Labute approximate surface area is 122 Å². The summed E-state index contributed by atoms with van der Waals surface area (Å²) < 4.78 is 32.0. The summed E-state index contributed by atoms with van der Waals surface area (Å²) in [6.07, 6.45) is 0. The highest BCUT2D eigenvalue weighted by Gasteiger charge is 2.21. The van der Waals surface area contributed by atoms with Gasteiger partial charge in [-0.15, -0.1) is 0 Å². The predicted octanol–water partition coefficient (Wildman–Crippen LogP) is 3.14. The summed E-state index contributed by atoms with van der Waals surface area (Å²) in [4.78, 5) is 0. The Morgan fingerprint density at radius 1 is 1.10 bits per heavy atom. The largest absolute Gasteiger partial charge is 0.496 e. The minimum atomic E-state index is -0.906. The number of halogens is 2. The van der Waals surface area contributed by atoms with Gasteiger partial charge in [0.2, 0.25) is 0 Å². The van der Waals surface area contributed by atoms with E-state index in [9.17, 15) is 8.78 Å². The van der Waals surface area contributed by atoms with Crippen LogP contribution >= 0.6 is 0 Å². The van der Waals surface area contributed by atoms with Crippen LogP contribution < -0.4 is 16.0 Å². The molecule has 3 nitrogen and oxygen atoms in total. The van der Waals surface area contributed by atoms with Crippen LogP contribution in [0.2, 0.25) is 0 Å². The lowest BCUT2D eigenvalue weighted by Crippen LogP contribution is -2.30. The monoisotopic (exact) mass is 292 g/mol. The number of hydrogen-bond acceptors (Lipinski definition) is 3. The van der Waals surface area contributed by atoms with Gasteiger partial charge in [0.05, 0.1) is 13.2 Å². The van der Waals surface area contributed by atoms with Crippen molar-refractivity contribution < 1.29 is 13.5 Å². The van der Waals surface area contributed by atoms with Gasteiger partial charge in [-0.25, -0.2) is 14.2 Å². The van der Waals surface area contributed by atoms with Crippen molar-refractivity contribution in [3.05, 3.63) is 64.2 Å². The topological polar surface area (TPSA) is 47.3 Å². The number of rotatable bonds is 4. The van der Waals surface area contributed by atoms with Crippen LogP contribution in [0.15, 0.2) is 30.3 Å². The van der Waals surface area contributed by atoms with Crippen molar-refractivity contribution in [2.45, 2.75) is 19.9 Å². The van der Waals surface area contributed by atoms with Gasteiger partial charge in [0.1, 0.15) is 5.75 Å². The molecule has 0 saturated carbocycles. The van der Waals surface area contributed by atoms with E-state index in [0.29, 0.717) is 11.3 Å². The fourth-order valence-corrected chi connectivity index (χ4v) is 2.52. The van der Waals surface area contributed by atoms with Crippen molar-refractivity contribution >= 4 is 0 Å². The van der Waals surface area contributed by atoms with Crippen LogP contribution in [0.3, 0.4) is 0 Å². The second kappa shape index (κ2) is 6.20. The molecule has 0 heterocycles. The second-order valence-corrected chi connectivity index (χ2v) is 4.97. The summed E-state index contributed by atoms with van der Waals surface area (Å²) >= 11 is 0. The number of nitrogens with two attached hydrogens (primary N) is 1. The molecule has 0 aliphatic rings. The molecule has 2 rings (SSSR count). The Bertz CT molecular complexity index is 659. The van der Waals surface area contributed by atoms with Crippen LogP contribution in [0.1, 0.15) is 28.3 Å². The average molecular weight is 292 g/mol. The maximum atomic E-state index is 13.5. The van der Waals surface area contributed by atoms with E-state index in [-0.39, 0.29) is 0 Å². The summed E-state index contributed by atoms with van der Waals surface area (Å²) in [6, 6.07) is 7.11. The van der Waals surface area contributed by atoms with Crippen molar-refractivity contribution in [2.24, 2.45) is 5.84 Å². The first-order valence-corrected chi connectivity index (χ1v) is 6.54. The van der Waals surface area contributed by atoms with Crippen LogP contribution in [0.5, 0.6) is 5.75 Å². The van der Waals surface area contributed by atoms with Crippen LogP contribution in [0.4, 0.5) is 8.78 Å². The van der Waals surface area contributed by atoms with E-state index in [2.05, 4.69) is 5.43 Å². The van der Waals surface area contributed by atoms with E-state index < -0.39 is 17.7 Å². The Kier molecular flexibility index (Phi) is 4.55. The molecule has 112 valence electrons. The van der Waals surface area contributed by atoms with E-state index in [4.69, 9.17) is 10.6 Å². The summed E-state index contributed by atoms with van der Waals surface area (Å²) in [5.41, 5.74) is 5.99. The van der Waals surface area contributed by atoms with Crippen LogP contribution in [0, 0.1) is 25.5 Å². The Hall–Kier alpha value is -1.98. The van der Waals surface area contributed by atoms with Gasteiger partial charge in [-0.2, -0.15) is 0 Å². The van der Waals surface area contributed by atoms with Gasteiger partial charge in [-0.05, 0) is 48.7 Å². The fraction of sp³-hybridized carbons (Fsp3) is 0.250. The van der Waals surface area contributed by atoms with Crippen LogP contribution in [-0.4, -0.2) is 7.11 Å². The fourth-order valence-electron chi connectivity index (χ4n) is 2.52. The zero-order chi connectivity index (χ0) is 15.6. The van der Waals surface area contributed by atoms with Crippen molar-refractivity contribution in [1.82, 2.24) is 5.43 Å². The van der Waals surface area contributed by atoms with E-state index >= 15 is 0 Å². The summed E-state index contributed by atoms with van der Waals surface area (Å²) in [7, 11) is 1.57. The first-order valence-electron chi connectivity index (χ1n) is 6.54. The molecule has 0 aliphatic heterocycles. The predicted molar refractivity (Wildman–Crippen MR) is 78.0 cm³/mol. The van der Waals surface area contributed by atoms with E-state index in [1.165, 1.54) is 6.07 Å². The lowest BCUT2D eigenvalue weighted by atomic mass is 9.93. The first-order chi connectivity index (χ1) is 9.97. The third-order valence-electron chi connectivity index (χ3n) is 3.45. The molecule has 1 unspecified atom stereocenters. The van der Waals surface area contributed by atoms with Gasteiger partial charge in [-0.1, -0.05) is 12.1 Å². The number of methoxy groups -OCH3 is 1. The minimum Gasteiger partial charge on any atom is -0.496 e. The average Bonchev–Trinajstić information content (AvgIpc) is 2.45. The minimum absolute atomic E-state index is 0.490. The highest BCUT2D eigenvalue weighted by molar-refractivity contribution is 5.48. The molecule has 0 radical (unpaired) electrons. The molecule has 0 spiro atoms. The SMILES string of the molecule is COc1cc(C)cc(C)c1C(NN)c1ccc(F)c(F)c1. The number of ether oxygens (including phenoxy) is 1. The van der Waals surface area contributed by atoms with Crippen molar-refractivity contribution in [2.75, 3.05) is 7.11 Å².